The second-order valence-corrected chi connectivity index (χ2v) is 7.50. The summed E-state index contributed by atoms with van der Waals surface area (Å²) in [5, 5.41) is 2.63. The standard InChI is InChI=1S/C20H19F4N3O3S/c1-25-18(28)12-2-4-13(5-3-12)27(10-15-9-26-11-31-15)14-6-7-16(29-19(21)22)17(8-14)30-20(23)24/h2-8,11,15,19-20H,9-10H2,1H3,(H,25,28). The number of rotatable bonds is 9. The van der Waals surface area contributed by atoms with E-state index in [0.717, 1.165) is 6.07 Å². The number of alkyl halides is 4. The summed E-state index contributed by atoms with van der Waals surface area (Å²) in [4.78, 5) is 17.8. The van der Waals surface area contributed by atoms with Crippen LogP contribution in [0.1, 0.15) is 10.4 Å². The number of ether oxygens (including phenoxy) is 2. The zero-order valence-electron chi connectivity index (χ0n) is 16.3. The van der Waals surface area contributed by atoms with Crippen LogP contribution in [0.15, 0.2) is 47.5 Å². The van der Waals surface area contributed by atoms with Crippen molar-refractivity contribution in [1.82, 2.24) is 5.32 Å². The average Bonchev–Trinajstić information content (AvgIpc) is 3.25. The van der Waals surface area contributed by atoms with Crippen LogP contribution in [-0.4, -0.2) is 50.1 Å². The smallest absolute Gasteiger partial charge is 0.387 e. The predicted octanol–water partition coefficient (Wildman–Crippen LogP) is 4.53. The van der Waals surface area contributed by atoms with Gasteiger partial charge in [0, 0.05) is 41.8 Å². The summed E-state index contributed by atoms with van der Waals surface area (Å²) < 4.78 is 59.7. The largest absolute Gasteiger partial charge is 0.431 e. The maximum absolute atomic E-state index is 12.8. The van der Waals surface area contributed by atoms with Crippen LogP contribution < -0.4 is 19.7 Å². The van der Waals surface area contributed by atoms with Crippen molar-refractivity contribution < 1.29 is 31.8 Å². The predicted molar refractivity (Wildman–Crippen MR) is 111 cm³/mol. The fourth-order valence-electron chi connectivity index (χ4n) is 2.98. The molecular formula is C20H19F4N3O3S. The van der Waals surface area contributed by atoms with Gasteiger partial charge in [-0.05, 0) is 36.4 Å². The summed E-state index contributed by atoms with van der Waals surface area (Å²) >= 11 is 1.53. The zero-order chi connectivity index (χ0) is 22.4. The number of nitrogens with one attached hydrogen (secondary N) is 1. The normalized spacial score (nSPS) is 15.4. The van der Waals surface area contributed by atoms with Crippen molar-refractivity contribution in [2.75, 3.05) is 25.0 Å². The number of aliphatic imine (C=N–C) groups is 1. The van der Waals surface area contributed by atoms with Crippen molar-refractivity contribution in [3.05, 3.63) is 48.0 Å². The van der Waals surface area contributed by atoms with Crippen molar-refractivity contribution in [3.8, 4) is 11.5 Å². The highest BCUT2D eigenvalue weighted by molar-refractivity contribution is 8.12. The Morgan fingerprint density at radius 2 is 1.74 bits per heavy atom. The van der Waals surface area contributed by atoms with Crippen molar-refractivity contribution in [2.24, 2.45) is 4.99 Å². The molecule has 3 rings (SSSR count). The second-order valence-electron chi connectivity index (χ2n) is 6.35. The van der Waals surface area contributed by atoms with E-state index in [2.05, 4.69) is 19.8 Å². The van der Waals surface area contributed by atoms with E-state index < -0.39 is 24.7 Å². The first-order valence-electron chi connectivity index (χ1n) is 9.14. The Hall–Kier alpha value is -2.95. The number of nitrogens with zero attached hydrogens (tertiary/aromatic N) is 2. The summed E-state index contributed by atoms with van der Waals surface area (Å²) in [5.74, 6) is -1.25. The summed E-state index contributed by atoms with van der Waals surface area (Å²) in [6.07, 6.45) is 0. The monoisotopic (exact) mass is 457 g/mol. The molecule has 2 aromatic carbocycles. The molecule has 1 unspecified atom stereocenters. The van der Waals surface area contributed by atoms with Crippen molar-refractivity contribution >= 4 is 34.6 Å². The third-order valence-electron chi connectivity index (χ3n) is 4.36. The van der Waals surface area contributed by atoms with Gasteiger partial charge in [-0.2, -0.15) is 17.6 Å². The number of hydrogen-bond acceptors (Lipinski definition) is 6. The number of amides is 1. The minimum Gasteiger partial charge on any atom is -0.431 e. The molecule has 0 saturated carbocycles. The van der Waals surface area contributed by atoms with Gasteiger partial charge in [0.05, 0.1) is 12.1 Å². The van der Waals surface area contributed by atoms with E-state index in [0.29, 0.717) is 30.0 Å². The average molecular weight is 457 g/mol. The Bertz CT molecular complexity index is 920. The van der Waals surface area contributed by atoms with E-state index in [1.807, 2.05) is 4.90 Å². The molecule has 0 saturated heterocycles. The van der Waals surface area contributed by atoms with Crippen molar-refractivity contribution in [1.29, 1.82) is 0 Å². The van der Waals surface area contributed by atoms with Gasteiger partial charge in [-0.1, -0.05) is 0 Å². The summed E-state index contributed by atoms with van der Waals surface area (Å²) in [6.45, 7) is -5.38. The first kappa shape index (κ1) is 22.7. The van der Waals surface area contributed by atoms with Gasteiger partial charge in [0.15, 0.2) is 11.5 Å². The molecule has 0 spiro atoms. The van der Waals surface area contributed by atoms with Crippen LogP contribution in [-0.2, 0) is 0 Å². The minimum absolute atomic E-state index is 0.0927. The molecule has 1 heterocycles. The van der Waals surface area contributed by atoms with Crippen LogP contribution in [0.3, 0.4) is 0 Å². The number of carbonyl (C=O) groups is 1. The first-order valence-corrected chi connectivity index (χ1v) is 10.1. The van der Waals surface area contributed by atoms with E-state index in [1.54, 1.807) is 29.8 Å². The highest BCUT2D eigenvalue weighted by Gasteiger charge is 2.22. The van der Waals surface area contributed by atoms with Gasteiger partial charge < -0.3 is 19.7 Å². The summed E-state index contributed by atoms with van der Waals surface area (Å²) in [5.41, 5.74) is 3.29. The van der Waals surface area contributed by atoms with Gasteiger partial charge in [0.1, 0.15) is 0 Å². The van der Waals surface area contributed by atoms with E-state index in [4.69, 9.17) is 0 Å². The summed E-state index contributed by atoms with van der Waals surface area (Å²) in [7, 11) is 1.52. The Morgan fingerprint density at radius 1 is 1.10 bits per heavy atom. The quantitative estimate of drug-likeness (QED) is 0.561. The third kappa shape index (κ3) is 6.03. The van der Waals surface area contributed by atoms with Gasteiger partial charge in [0.25, 0.3) is 5.91 Å². The zero-order valence-corrected chi connectivity index (χ0v) is 17.1. The van der Waals surface area contributed by atoms with Crippen molar-refractivity contribution in [2.45, 2.75) is 18.5 Å². The first-order chi connectivity index (χ1) is 14.9. The van der Waals surface area contributed by atoms with Gasteiger partial charge >= 0.3 is 13.2 Å². The Kier molecular flexibility index (Phi) is 7.61. The molecule has 2 aromatic rings. The molecule has 1 aliphatic rings. The lowest BCUT2D eigenvalue weighted by atomic mass is 10.1. The molecule has 0 radical (unpaired) electrons. The lowest BCUT2D eigenvalue weighted by Crippen LogP contribution is -2.27. The molecule has 0 aliphatic carbocycles. The maximum atomic E-state index is 12.8. The SMILES string of the molecule is CNC(=O)c1ccc(N(CC2CN=CS2)c2ccc(OC(F)F)c(OC(F)F)c2)cc1. The molecule has 1 atom stereocenters. The van der Waals surface area contributed by atoms with Crippen molar-refractivity contribution in [3.63, 3.8) is 0 Å². The third-order valence-corrected chi connectivity index (χ3v) is 5.32. The molecule has 166 valence electrons. The Labute approximate surface area is 180 Å². The molecule has 0 aromatic heterocycles. The molecule has 1 aliphatic heterocycles. The van der Waals surface area contributed by atoms with Gasteiger partial charge in [-0.25, -0.2) is 0 Å². The number of carbonyl (C=O) groups excluding carboxylic acids is 1. The number of hydrogen-bond donors (Lipinski definition) is 1. The fourth-order valence-corrected chi connectivity index (χ4v) is 3.73. The summed E-state index contributed by atoms with van der Waals surface area (Å²) in [6, 6.07) is 10.5. The van der Waals surface area contributed by atoms with Gasteiger partial charge in [-0.3, -0.25) is 9.79 Å². The van der Waals surface area contributed by atoms with Gasteiger partial charge in [0.2, 0.25) is 0 Å². The highest BCUT2D eigenvalue weighted by atomic mass is 32.2. The molecule has 0 fully saturated rings. The van der Waals surface area contributed by atoms with Crippen LogP contribution in [0.4, 0.5) is 28.9 Å². The highest BCUT2D eigenvalue weighted by Crippen LogP contribution is 2.37. The van der Waals surface area contributed by atoms with E-state index in [9.17, 15) is 22.4 Å². The lowest BCUT2D eigenvalue weighted by Gasteiger charge is -2.28. The molecule has 11 heteroatoms. The van der Waals surface area contributed by atoms with Crippen LogP contribution in [0, 0.1) is 0 Å². The number of benzene rings is 2. The van der Waals surface area contributed by atoms with E-state index in [1.165, 1.54) is 30.9 Å². The van der Waals surface area contributed by atoms with Gasteiger partial charge in [-0.15, -0.1) is 11.8 Å². The Morgan fingerprint density at radius 3 is 2.32 bits per heavy atom. The minimum atomic E-state index is -3.21. The fraction of sp³-hybridized carbons (Fsp3) is 0.300. The van der Waals surface area contributed by atoms with Crippen LogP contribution in [0.5, 0.6) is 11.5 Å². The van der Waals surface area contributed by atoms with Crippen LogP contribution in [0.25, 0.3) is 0 Å². The molecule has 6 nitrogen and oxygen atoms in total. The molecular weight excluding hydrogens is 438 g/mol. The molecule has 1 amide bonds. The number of anilines is 2. The topological polar surface area (TPSA) is 63.2 Å². The number of halogens is 4. The maximum Gasteiger partial charge on any atom is 0.387 e. The van der Waals surface area contributed by atoms with E-state index in [-0.39, 0.29) is 11.2 Å². The molecule has 1 N–H and O–H groups in total. The molecule has 0 bridgehead atoms. The second kappa shape index (κ2) is 10.4. The van der Waals surface area contributed by atoms with Crippen LogP contribution in [0.2, 0.25) is 0 Å². The molecule has 31 heavy (non-hydrogen) atoms. The lowest BCUT2D eigenvalue weighted by molar-refractivity contribution is -0.0692. The number of thioether (sulfide) groups is 1. The van der Waals surface area contributed by atoms with Crippen LogP contribution >= 0.6 is 11.8 Å². The van der Waals surface area contributed by atoms with E-state index >= 15 is 0 Å². The Balaban J connectivity index is 1.97.